The molecule has 1 heterocycles. The number of aryl methyl sites for hydroxylation is 1. The van der Waals surface area contributed by atoms with Crippen LogP contribution in [0.15, 0.2) is 44.9 Å². The second kappa shape index (κ2) is 7.94. The SMILES string of the molecule is CC[C@@H](C)c1ccc(S(=O)(=O)N/N=C\c2c(Br)cnn2CC)cc1. The first-order valence-electron chi connectivity index (χ1n) is 7.75. The van der Waals surface area contributed by atoms with Gasteiger partial charge < -0.3 is 0 Å². The monoisotopic (exact) mass is 412 g/mol. The molecule has 6 nitrogen and oxygen atoms in total. The molecule has 2 rings (SSSR count). The van der Waals surface area contributed by atoms with Crippen molar-refractivity contribution in [2.24, 2.45) is 5.10 Å². The molecule has 8 heteroatoms. The standard InChI is InChI=1S/C16H21BrN4O2S/c1-4-12(3)13-6-8-14(9-7-13)24(22,23)20-18-11-16-15(17)10-19-21(16)5-2/h6-12,20H,4-5H2,1-3H3/b18-11-/t12-/m1/s1. The minimum atomic E-state index is -3.69. The molecule has 0 aliphatic heterocycles. The second-order valence-electron chi connectivity index (χ2n) is 5.42. The lowest BCUT2D eigenvalue weighted by Crippen LogP contribution is -2.18. The van der Waals surface area contributed by atoms with Crippen molar-refractivity contribution in [3.8, 4) is 0 Å². The molecule has 0 aliphatic carbocycles. The van der Waals surface area contributed by atoms with E-state index in [1.807, 2.05) is 19.1 Å². The van der Waals surface area contributed by atoms with Gasteiger partial charge in [0.2, 0.25) is 0 Å². The fourth-order valence-electron chi connectivity index (χ4n) is 2.17. The van der Waals surface area contributed by atoms with Crippen molar-refractivity contribution in [3.05, 3.63) is 46.2 Å². The minimum absolute atomic E-state index is 0.190. The van der Waals surface area contributed by atoms with Crippen LogP contribution in [0.2, 0.25) is 0 Å². The summed E-state index contributed by atoms with van der Waals surface area (Å²) in [5, 5.41) is 7.99. The third-order valence-corrected chi connectivity index (χ3v) is 5.71. The molecule has 2 aromatic rings. The van der Waals surface area contributed by atoms with Crippen LogP contribution in [0.3, 0.4) is 0 Å². The van der Waals surface area contributed by atoms with E-state index in [1.54, 1.807) is 23.0 Å². The van der Waals surface area contributed by atoms with Gasteiger partial charge in [-0.15, -0.1) is 0 Å². The van der Waals surface area contributed by atoms with Crippen molar-refractivity contribution in [2.45, 2.75) is 44.6 Å². The Bertz CT molecular complexity index is 813. The molecule has 1 N–H and O–H groups in total. The van der Waals surface area contributed by atoms with Crippen LogP contribution in [-0.4, -0.2) is 24.4 Å². The van der Waals surface area contributed by atoms with Crippen molar-refractivity contribution in [3.63, 3.8) is 0 Å². The fraction of sp³-hybridized carbons (Fsp3) is 0.375. The molecule has 0 unspecified atom stereocenters. The molecule has 130 valence electrons. The first-order chi connectivity index (χ1) is 11.4. The first kappa shape index (κ1) is 18.7. The number of hydrazone groups is 1. The summed E-state index contributed by atoms with van der Waals surface area (Å²) in [6, 6.07) is 6.89. The highest BCUT2D eigenvalue weighted by Crippen LogP contribution is 2.20. The number of benzene rings is 1. The Morgan fingerprint density at radius 2 is 2.00 bits per heavy atom. The Morgan fingerprint density at radius 3 is 2.58 bits per heavy atom. The van der Waals surface area contributed by atoms with Crippen molar-refractivity contribution in [1.29, 1.82) is 0 Å². The average molecular weight is 413 g/mol. The summed E-state index contributed by atoms with van der Waals surface area (Å²) < 4.78 is 27.0. The molecular weight excluding hydrogens is 392 g/mol. The molecule has 1 atom stereocenters. The Morgan fingerprint density at radius 1 is 1.33 bits per heavy atom. The Hall–Kier alpha value is -1.67. The van der Waals surface area contributed by atoms with E-state index in [9.17, 15) is 8.42 Å². The Balaban J connectivity index is 2.13. The molecule has 0 aliphatic rings. The van der Waals surface area contributed by atoms with Gasteiger partial charge in [0.25, 0.3) is 10.0 Å². The molecule has 24 heavy (non-hydrogen) atoms. The molecule has 0 bridgehead atoms. The zero-order valence-electron chi connectivity index (χ0n) is 13.9. The largest absolute Gasteiger partial charge is 0.276 e. The van der Waals surface area contributed by atoms with E-state index in [2.05, 4.69) is 44.8 Å². The van der Waals surface area contributed by atoms with E-state index in [1.165, 1.54) is 6.21 Å². The van der Waals surface area contributed by atoms with E-state index in [4.69, 9.17) is 0 Å². The van der Waals surface area contributed by atoms with Crippen LogP contribution in [0.4, 0.5) is 0 Å². The fourth-order valence-corrected chi connectivity index (χ4v) is 3.36. The molecule has 0 saturated carbocycles. The zero-order chi connectivity index (χ0) is 17.7. The van der Waals surface area contributed by atoms with Crippen LogP contribution in [-0.2, 0) is 16.6 Å². The summed E-state index contributed by atoms with van der Waals surface area (Å²) in [7, 11) is -3.69. The summed E-state index contributed by atoms with van der Waals surface area (Å²) in [5.41, 5.74) is 1.82. The summed E-state index contributed by atoms with van der Waals surface area (Å²) in [6.45, 7) is 6.82. The van der Waals surface area contributed by atoms with Gasteiger partial charge in [-0.1, -0.05) is 26.0 Å². The van der Waals surface area contributed by atoms with Gasteiger partial charge in [-0.25, -0.2) is 4.83 Å². The highest BCUT2D eigenvalue weighted by molar-refractivity contribution is 9.10. The molecule has 0 spiro atoms. The lowest BCUT2D eigenvalue weighted by Gasteiger charge is -2.10. The number of hydrogen-bond acceptors (Lipinski definition) is 4. The first-order valence-corrected chi connectivity index (χ1v) is 10.0. The van der Waals surface area contributed by atoms with Gasteiger partial charge in [0.1, 0.15) is 0 Å². The normalized spacial score (nSPS) is 13.3. The van der Waals surface area contributed by atoms with Gasteiger partial charge in [0.05, 0.1) is 27.5 Å². The maximum absolute atomic E-state index is 12.3. The number of aromatic nitrogens is 2. The van der Waals surface area contributed by atoms with Gasteiger partial charge in [0, 0.05) is 6.54 Å². The van der Waals surface area contributed by atoms with Gasteiger partial charge in [-0.3, -0.25) is 4.68 Å². The van der Waals surface area contributed by atoms with Crippen LogP contribution in [0, 0.1) is 0 Å². The van der Waals surface area contributed by atoms with E-state index >= 15 is 0 Å². The summed E-state index contributed by atoms with van der Waals surface area (Å²) in [6.07, 6.45) is 4.09. The number of nitrogens with zero attached hydrogens (tertiary/aromatic N) is 3. The number of sulfonamides is 1. The Labute approximate surface area is 151 Å². The number of halogens is 1. The van der Waals surface area contributed by atoms with Gasteiger partial charge in [0.15, 0.2) is 0 Å². The zero-order valence-corrected chi connectivity index (χ0v) is 16.3. The quantitative estimate of drug-likeness (QED) is 0.558. The van der Waals surface area contributed by atoms with E-state index in [0.29, 0.717) is 18.2 Å². The van der Waals surface area contributed by atoms with Crippen LogP contribution < -0.4 is 4.83 Å². The Kier molecular flexibility index (Phi) is 6.17. The van der Waals surface area contributed by atoms with Crippen molar-refractivity contribution in [2.75, 3.05) is 0 Å². The number of nitrogens with one attached hydrogen (secondary N) is 1. The molecule has 1 aromatic heterocycles. The summed E-state index contributed by atoms with van der Waals surface area (Å²) in [5.74, 6) is 0.402. The topological polar surface area (TPSA) is 76.3 Å². The predicted octanol–water partition coefficient (Wildman–Crippen LogP) is 3.49. The number of rotatable bonds is 7. The van der Waals surface area contributed by atoms with Crippen LogP contribution in [0.25, 0.3) is 0 Å². The summed E-state index contributed by atoms with van der Waals surface area (Å²) >= 11 is 3.36. The summed E-state index contributed by atoms with van der Waals surface area (Å²) in [4.78, 5) is 2.42. The van der Waals surface area contributed by atoms with Crippen LogP contribution in [0.1, 0.15) is 44.4 Å². The van der Waals surface area contributed by atoms with Crippen molar-refractivity contribution >= 4 is 32.2 Å². The smallest absolute Gasteiger partial charge is 0.263 e. The third kappa shape index (κ3) is 4.24. The molecule has 0 radical (unpaired) electrons. The van der Waals surface area contributed by atoms with E-state index in [-0.39, 0.29) is 4.90 Å². The van der Waals surface area contributed by atoms with Crippen LogP contribution in [0.5, 0.6) is 0 Å². The van der Waals surface area contributed by atoms with Crippen LogP contribution >= 0.6 is 15.9 Å². The van der Waals surface area contributed by atoms with Gasteiger partial charge in [-0.2, -0.15) is 18.6 Å². The maximum atomic E-state index is 12.3. The molecular formula is C16H21BrN4O2S. The highest BCUT2D eigenvalue weighted by Gasteiger charge is 2.14. The lowest BCUT2D eigenvalue weighted by molar-refractivity contribution is 0.584. The van der Waals surface area contributed by atoms with E-state index < -0.39 is 10.0 Å². The minimum Gasteiger partial charge on any atom is -0.263 e. The highest BCUT2D eigenvalue weighted by atomic mass is 79.9. The lowest BCUT2D eigenvalue weighted by atomic mass is 9.99. The molecule has 0 fully saturated rings. The molecule has 0 saturated heterocycles. The molecule has 0 amide bonds. The predicted molar refractivity (Wildman–Crippen MR) is 98.7 cm³/mol. The molecule has 1 aromatic carbocycles. The number of hydrogen-bond donors (Lipinski definition) is 1. The van der Waals surface area contributed by atoms with E-state index in [0.717, 1.165) is 16.5 Å². The van der Waals surface area contributed by atoms with Gasteiger partial charge >= 0.3 is 0 Å². The van der Waals surface area contributed by atoms with Crippen molar-refractivity contribution < 1.29 is 8.42 Å². The second-order valence-corrected chi connectivity index (χ2v) is 7.94. The van der Waals surface area contributed by atoms with Gasteiger partial charge in [-0.05, 0) is 52.9 Å². The third-order valence-electron chi connectivity index (χ3n) is 3.86. The average Bonchev–Trinajstić information content (AvgIpc) is 2.94. The van der Waals surface area contributed by atoms with Crippen molar-refractivity contribution in [1.82, 2.24) is 14.6 Å². The maximum Gasteiger partial charge on any atom is 0.276 e.